The predicted molar refractivity (Wildman–Crippen MR) is 150 cm³/mol. The molecule has 0 unspecified atom stereocenters. The number of hydrogen-bond donors (Lipinski definition) is 3. The molecule has 1 fully saturated rings. The summed E-state index contributed by atoms with van der Waals surface area (Å²) in [6.45, 7) is 0.0974. The lowest BCUT2D eigenvalue weighted by Crippen LogP contribution is -2.31. The Morgan fingerprint density at radius 1 is 0.955 bits per heavy atom. The Morgan fingerprint density at radius 3 is 2.25 bits per heavy atom. The number of aryl methyl sites for hydroxylation is 1. The minimum atomic E-state index is -4.86. The van der Waals surface area contributed by atoms with Gasteiger partial charge in [-0.15, -0.1) is 13.2 Å². The number of hydrogen-bond acceptors (Lipinski definition) is 7. The van der Waals surface area contributed by atoms with E-state index in [0.29, 0.717) is 11.3 Å². The van der Waals surface area contributed by atoms with Crippen LogP contribution in [0.3, 0.4) is 0 Å². The van der Waals surface area contributed by atoms with Gasteiger partial charge in [0.2, 0.25) is 5.91 Å². The van der Waals surface area contributed by atoms with Gasteiger partial charge < -0.3 is 14.8 Å². The normalized spacial score (nSPS) is 14.4. The smallest absolute Gasteiger partial charge is 0.482 e. The number of nitrogens with one attached hydrogen (secondary N) is 3. The Kier molecular flexibility index (Phi) is 9.56. The standard InChI is InChI=1S/C27H21F6N5O5S/c1-15-2-11-21(42-14-26(28,29)30)20(12-15)38-22(39)13-44-25(38)35-24(41)34-17-5-7-18(8-6-17)36-37-23(40)16-3-9-19(10-4-16)43-27(31,32)33/h2-12,36H,13-14H2,1H3,(H,34,41)(H,37,40). The summed E-state index contributed by atoms with van der Waals surface area (Å²) in [5, 5.41) is 2.44. The van der Waals surface area contributed by atoms with Crippen LogP contribution in [0.4, 0.5) is 48.2 Å². The molecular weight excluding hydrogens is 620 g/mol. The van der Waals surface area contributed by atoms with Gasteiger partial charge in [0, 0.05) is 11.3 Å². The van der Waals surface area contributed by atoms with Gasteiger partial charge in [-0.3, -0.25) is 25.3 Å². The molecule has 3 aromatic carbocycles. The summed E-state index contributed by atoms with van der Waals surface area (Å²) in [7, 11) is 0. The van der Waals surface area contributed by atoms with Gasteiger partial charge in [-0.25, -0.2) is 4.79 Å². The first-order chi connectivity index (χ1) is 20.7. The summed E-state index contributed by atoms with van der Waals surface area (Å²) in [5.74, 6) is -1.95. The number of benzene rings is 3. The van der Waals surface area contributed by atoms with E-state index in [0.717, 1.165) is 40.9 Å². The molecule has 4 rings (SSSR count). The van der Waals surface area contributed by atoms with E-state index in [1.165, 1.54) is 42.5 Å². The third-order valence-corrected chi connectivity index (χ3v) is 6.44. The van der Waals surface area contributed by atoms with Crippen molar-refractivity contribution in [3.05, 3.63) is 77.9 Å². The van der Waals surface area contributed by atoms with E-state index >= 15 is 0 Å². The van der Waals surface area contributed by atoms with E-state index in [1.807, 2.05) is 0 Å². The van der Waals surface area contributed by atoms with Crippen LogP contribution in [0, 0.1) is 6.92 Å². The highest BCUT2D eigenvalue weighted by Gasteiger charge is 2.34. The number of anilines is 3. The molecule has 0 atom stereocenters. The Hall–Kier alpha value is -4.93. The maximum Gasteiger partial charge on any atom is 0.573 e. The molecule has 1 aliphatic rings. The molecule has 232 valence electrons. The van der Waals surface area contributed by atoms with E-state index in [9.17, 15) is 40.7 Å². The number of ether oxygens (including phenoxy) is 2. The van der Waals surface area contributed by atoms with Crippen molar-refractivity contribution in [2.75, 3.05) is 28.0 Å². The van der Waals surface area contributed by atoms with Gasteiger partial charge in [0.05, 0.1) is 17.1 Å². The number of carbonyl (C=O) groups is 3. The van der Waals surface area contributed by atoms with Crippen LogP contribution in [0.2, 0.25) is 0 Å². The van der Waals surface area contributed by atoms with E-state index in [-0.39, 0.29) is 33.6 Å². The molecule has 3 N–H and O–H groups in total. The van der Waals surface area contributed by atoms with Crippen LogP contribution in [-0.4, -0.2) is 47.9 Å². The Balaban J connectivity index is 1.37. The van der Waals surface area contributed by atoms with E-state index < -0.39 is 42.7 Å². The third kappa shape index (κ3) is 9.03. The number of alkyl halides is 6. The molecule has 0 aliphatic carbocycles. The monoisotopic (exact) mass is 641 g/mol. The van der Waals surface area contributed by atoms with Crippen LogP contribution >= 0.6 is 11.8 Å². The SMILES string of the molecule is Cc1ccc(OCC(F)(F)F)c(N2C(=O)CSC2=NC(=O)Nc2ccc(NNC(=O)c3ccc(OC(F)(F)F)cc3)cc2)c1. The van der Waals surface area contributed by atoms with Gasteiger partial charge in [-0.2, -0.15) is 18.2 Å². The number of rotatable bonds is 8. The zero-order valence-corrected chi connectivity index (χ0v) is 23.2. The molecule has 0 aromatic heterocycles. The maximum atomic E-state index is 12.7. The average Bonchev–Trinajstić information content (AvgIpc) is 3.29. The fourth-order valence-corrected chi connectivity index (χ4v) is 4.51. The summed E-state index contributed by atoms with van der Waals surface area (Å²) in [6, 6.07) is 13.6. The lowest BCUT2D eigenvalue weighted by molar-refractivity contribution is -0.274. The zero-order chi connectivity index (χ0) is 32.1. The largest absolute Gasteiger partial charge is 0.573 e. The molecule has 0 bridgehead atoms. The highest BCUT2D eigenvalue weighted by Crippen LogP contribution is 2.36. The van der Waals surface area contributed by atoms with Crippen LogP contribution in [-0.2, 0) is 4.79 Å². The Labute approximate surface area is 249 Å². The number of amides is 4. The lowest BCUT2D eigenvalue weighted by atomic mass is 10.2. The van der Waals surface area contributed by atoms with Crippen molar-refractivity contribution in [2.24, 2.45) is 4.99 Å². The molecule has 1 saturated heterocycles. The number of carbonyl (C=O) groups excluding carboxylic acids is 3. The summed E-state index contributed by atoms with van der Waals surface area (Å²) in [4.78, 5) is 42.5. The van der Waals surface area contributed by atoms with Crippen LogP contribution in [0.5, 0.6) is 11.5 Å². The fourth-order valence-electron chi connectivity index (χ4n) is 3.65. The molecule has 1 aliphatic heterocycles. The van der Waals surface area contributed by atoms with Gasteiger partial charge in [0.15, 0.2) is 11.8 Å². The minimum Gasteiger partial charge on any atom is -0.482 e. The number of thioether (sulfide) groups is 1. The van der Waals surface area contributed by atoms with Gasteiger partial charge in [-0.05, 0) is 73.2 Å². The van der Waals surface area contributed by atoms with Crippen molar-refractivity contribution in [1.82, 2.24) is 5.43 Å². The molecule has 0 saturated carbocycles. The molecule has 44 heavy (non-hydrogen) atoms. The number of nitrogens with zero attached hydrogens (tertiary/aromatic N) is 2. The fraction of sp³-hybridized carbons (Fsp3) is 0.185. The maximum absolute atomic E-state index is 12.7. The molecule has 17 heteroatoms. The third-order valence-electron chi connectivity index (χ3n) is 5.52. The van der Waals surface area contributed by atoms with Gasteiger partial charge >= 0.3 is 18.6 Å². The van der Waals surface area contributed by atoms with Crippen LogP contribution < -0.4 is 30.5 Å². The van der Waals surface area contributed by atoms with Crippen molar-refractivity contribution in [3.8, 4) is 11.5 Å². The van der Waals surface area contributed by atoms with Crippen molar-refractivity contribution in [2.45, 2.75) is 19.5 Å². The molecule has 1 heterocycles. The molecule has 0 radical (unpaired) electrons. The van der Waals surface area contributed by atoms with E-state index in [2.05, 4.69) is 25.9 Å². The quantitative estimate of drug-likeness (QED) is 0.196. The van der Waals surface area contributed by atoms with Gasteiger partial charge in [-0.1, -0.05) is 17.8 Å². The lowest BCUT2D eigenvalue weighted by Gasteiger charge is -2.21. The summed E-state index contributed by atoms with van der Waals surface area (Å²) < 4.78 is 83.7. The topological polar surface area (TPSA) is 121 Å². The second-order valence-electron chi connectivity index (χ2n) is 8.95. The zero-order valence-electron chi connectivity index (χ0n) is 22.4. The number of hydrazine groups is 1. The summed E-state index contributed by atoms with van der Waals surface area (Å²) in [6.07, 6.45) is -9.47. The number of halogens is 6. The average molecular weight is 642 g/mol. The Morgan fingerprint density at radius 2 is 1.61 bits per heavy atom. The van der Waals surface area contributed by atoms with Crippen molar-refractivity contribution in [1.29, 1.82) is 0 Å². The van der Waals surface area contributed by atoms with Crippen molar-refractivity contribution in [3.63, 3.8) is 0 Å². The second kappa shape index (κ2) is 13.2. The molecule has 0 spiro atoms. The molecular formula is C27H21F6N5O5S. The number of aliphatic imine (C=N–C) groups is 1. The molecule has 3 aromatic rings. The predicted octanol–water partition coefficient (Wildman–Crippen LogP) is 6.26. The highest BCUT2D eigenvalue weighted by atomic mass is 32.2. The van der Waals surface area contributed by atoms with Crippen LogP contribution in [0.1, 0.15) is 15.9 Å². The van der Waals surface area contributed by atoms with Crippen LogP contribution in [0.25, 0.3) is 0 Å². The highest BCUT2D eigenvalue weighted by molar-refractivity contribution is 8.15. The van der Waals surface area contributed by atoms with Gasteiger partial charge in [0.1, 0.15) is 11.5 Å². The minimum absolute atomic E-state index is 0.0128. The van der Waals surface area contributed by atoms with Crippen LogP contribution in [0.15, 0.2) is 71.7 Å². The van der Waals surface area contributed by atoms with Gasteiger partial charge in [0.25, 0.3) is 5.91 Å². The summed E-state index contributed by atoms with van der Waals surface area (Å²) in [5.41, 5.74) is 6.34. The number of urea groups is 1. The van der Waals surface area contributed by atoms with E-state index in [4.69, 9.17) is 4.74 Å². The number of amidine groups is 1. The van der Waals surface area contributed by atoms with E-state index in [1.54, 1.807) is 6.92 Å². The second-order valence-corrected chi connectivity index (χ2v) is 9.89. The first-order valence-corrected chi connectivity index (χ1v) is 13.3. The molecule has 4 amide bonds. The van der Waals surface area contributed by atoms with Crippen molar-refractivity contribution < 1.29 is 50.2 Å². The summed E-state index contributed by atoms with van der Waals surface area (Å²) >= 11 is 0.924. The first-order valence-electron chi connectivity index (χ1n) is 12.3. The molecule has 10 nitrogen and oxygen atoms in total. The Bertz CT molecular complexity index is 1560. The first kappa shape index (κ1) is 32.0. The van der Waals surface area contributed by atoms with Crippen molar-refractivity contribution >= 4 is 51.8 Å².